The molecule has 2 aromatic carbocycles. The summed E-state index contributed by atoms with van der Waals surface area (Å²) < 4.78 is 38.7. The Labute approximate surface area is 128 Å². The van der Waals surface area contributed by atoms with E-state index in [1.54, 1.807) is 24.3 Å². The molecule has 0 aromatic heterocycles. The van der Waals surface area contributed by atoms with E-state index in [-0.39, 0.29) is 5.78 Å². The van der Waals surface area contributed by atoms with Crippen molar-refractivity contribution in [3.8, 4) is 0 Å². The van der Waals surface area contributed by atoms with Crippen molar-refractivity contribution in [2.75, 3.05) is 0 Å². The molecular weight excluding hydrogens is 380 g/mol. The third kappa shape index (κ3) is 3.20. The van der Waals surface area contributed by atoms with Crippen LogP contribution < -0.4 is 0 Å². The van der Waals surface area contributed by atoms with Gasteiger partial charge in [0, 0.05) is 14.7 Å². The van der Waals surface area contributed by atoms with Crippen molar-refractivity contribution < 1.29 is 18.0 Å². The zero-order valence-corrected chi connectivity index (χ0v) is 12.6. The normalized spacial score (nSPS) is 11.4. The number of ketones is 1. The predicted molar refractivity (Wildman–Crippen MR) is 78.8 cm³/mol. The lowest BCUT2D eigenvalue weighted by Crippen LogP contribution is -2.09. The van der Waals surface area contributed by atoms with E-state index in [0.717, 1.165) is 15.7 Å². The molecule has 0 saturated heterocycles. The Kier molecular flexibility index (Phi) is 4.17. The molecular formula is C15H10F3IO. The Morgan fingerprint density at radius 2 is 1.65 bits per heavy atom. The van der Waals surface area contributed by atoms with Crippen molar-refractivity contribution >= 4 is 28.4 Å². The Morgan fingerprint density at radius 1 is 1.05 bits per heavy atom. The summed E-state index contributed by atoms with van der Waals surface area (Å²) >= 11 is 2.12. The highest BCUT2D eigenvalue weighted by atomic mass is 127. The molecule has 2 rings (SSSR count). The summed E-state index contributed by atoms with van der Waals surface area (Å²) in [5.74, 6) is -0.271. The Morgan fingerprint density at radius 3 is 2.15 bits per heavy atom. The minimum atomic E-state index is -4.39. The Hall–Kier alpha value is -1.37. The SMILES string of the molecule is Cc1cc(C(F)(F)F)ccc1C(=O)c1ccc(I)cc1. The van der Waals surface area contributed by atoms with Crippen molar-refractivity contribution in [3.05, 3.63) is 68.3 Å². The maximum absolute atomic E-state index is 12.6. The second-order valence-electron chi connectivity index (χ2n) is 4.36. The average molecular weight is 390 g/mol. The number of halogens is 4. The lowest BCUT2D eigenvalue weighted by Gasteiger charge is -2.10. The molecule has 0 radical (unpaired) electrons. The largest absolute Gasteiger partial charge is 0.416 e. The van der Waals surface area contributed by atoms with Gasteiger partial charge in [-0.3, -0.25) is 4.79 Å². The first-order valence-corrected chi connectivity index (χ1v) is 6.85. The van der Waals surface area contributed by atoms with E-state index in [4.69, 9.17) is 0 Å². The third-order valence-electron chi connectivity index (χ3n) is 2.90. The Bertz CT molecular complexity index is 645. The fraction of sp³-hybridized carbons (Fsp3) is 0.133. The first-order valence-electron chi connectivity index (χ1n) is 5.77. The average Bonchev–Trinajstić information content (AvgIpc) is 2.37. The van der Waals surface area contributed by atoms with Gasteiger partial charge in [-0.05, 0) is 71.5 Å². The van der Waals surface area contributed by atoms with Crippen LogP contribution in [0, 0.1) is 10.5 Å². The van der Waals surface area contributed by atoms with Crippen LogP contribution in [0.25, 0.3) is 0 Å². The molecule has 0 aliphatic heterocycles. The van der Waals surface area contributed by atoms with Crippen LogP contribution >= 0.6 is 22.6 Å². The van der Waals surface area contributed by atoms with Crippen molar-refractivity contribution in [1.82, 2.24) is 0 Å². The zero-order valence-electron chi connectivity index (χ0n) is 10.5. The van der Waals surface area contributed by atoms with E-state index in [9.17, 15) is 18.0 Å². The van der Waals surface area contributed by atoms with Gasteiger partial charge in [-0.15, -0.1) is 0 Å². The van der Waals surface area contributed by atoms with E-state index in [0.29, 0.717) is 16.7 Å². The number of hydrogen-bond acceptors (Lipinski definition) is 1. The second-order valence-corrected chi connectivity index (χ2v) is 5.61. The molecule has 0 amide bonds. The summed E-state index contributed by atoms with van der Waals surface area (Å²) in [7, 11) is 0. The van der Waals surface area contributed by atoms with E-state index >= 15 is 0 Å². The molecule has 0 fully saturated rings. The van der Waals surface area contributed by atoms with Crippen LogP contribution in [-0.2, 0) is 6.18 Å². The van der Waals surface area contributed by atoms with Crippen molar-refractivity contribution in [2.24, 2.45) is 0 Å². The predicted octanol–water partition coefficient (Wildman–Crippen LogP) is 4.85. The lowest BCUT2D eigenvalue weighted by atomic mass is 9.97. The molecule has 0 spiro atoms. The number of hydrogen-bond donors (Lipinski definition) is 0. The molecule has 0 aliphatic rings. The molecule has 0 N–H and O–H groups in total. The summed E-state index contributed by atoms with van der Waals surface area (Å²) in [6, 6.07) is 10.1. The van der Waals surface area contributed by atoms with Crippen LogP contribution in [0.5, 0.6) is 0 Å². The van der Waals surface area contributed by atoms with Crippen LogP contribution in [0.4, 0.5) is 13.2 Å². The molecule has 2 aromatic rings. The van der Waals surface area contributed by atoms with Gasteiger partial charge in [0.2, 0.25) is 0 Å². The molecule has 0 heterocycles. The number of benzene rings is 2. The minimum Gasteiger partial charge on any atom is -0.289 e. The quantitative estimate of drug-likeness (QED) is 0.530. The fourth-order valence-electron chi connectivity index (χ4n) is 1.85. The van der Waals surface area contributed by atoms with Crippen molar-refractivity contribution in [2.45, 2.75) is 13.1 Å². The topological polar surface area (TPSA) is 17.1 Å². The molecule has 0 unspecified atom stereocenters. The van der Waals surface area contributed by atoms with Gasteiger partial charge in [-0.2, -0.15) is 13.2 Å². The zero-order chi connectivity index (χ0) is 14.9. The highest BCUT2D eigenvalue weighted by Crippen LogP contribution is 2.30. The summed E-state index contributed by atoms with van der Waals surface area (Å²) in [5, 5.41) is 0. The van der Waals surface area contributed by atoms with E-state index in [1.165, 1.54) is 13.0 Å². The summed E-state index contributed by atoms with van der Waals surface area (Å²) in [6.07, 6.45) is -4.39. The van der Waals surface area contributed by atoms with Crippen LogP contribution in [-0.4, -0.2) is 5.78 Å². The van der Waals surface area contributed by atoms with Crippen LogP contribution in [0.2, 0.25) is 0 Å². The minimum absolute atomic E-state index is 0.271. The molecule has 0 atom stereocenters. The number of rotatable bonds is 2. The summed E-state index contributed by atoms with van der Waals surface area (Å²) in [5.41, 5.74) is 0.338. The van der Waals surface area contributed by atoms with Crippen molar-refractivity contribution in [3.63, 3.8) is 0 Å². The standard InChI is InChI=1S/C15H10F3IO/c1-9-8-11(15(16,17)18)4-7-13(9)14(20)10-2-5-12(19)6-3-10/h2-8H,1H3. The van der Waals surface area contributed by atoms with Crippen molar-refractivity contribution in [1.29, 1.82) is 0 Å². The van der Waals surface area contributed by atoms with Gasteiger partial charge in [-0.1, -0.05) is 6.07 Å². The molecule has 1 nitrogen and oxygen atoms in total. The van der Waals surface area contributed by atoms with E-state index in [2.05, 4.69) is 22.6 Å². The second kappa shape index (κ2) is 5.55. The fourth-order valence-corrected chi connectivity index (χ4v) is 2.21. The van der Waals surface area contributed by atoms with Gasteiger partial charge in [0.15, 0.2) is 5.78 Å². The first-order chi connectivity index (χ1) is 9.29. The van der Waals surface area contributed by atoms with Gasteiger partial charge in [0.25, 0.3) is 0 Å². The van der Waals surface area contributed by atoms with E-state index in [1.807, 2.05) is 0 Å². The molecule has 0 aliphatic carbocycles. The van der Waals surface area contributed by atoms with Crippen LogP contribution in [0.3, 0.4) is 0 Å². The third-order valence-corrected chi connectivity index (χ3v) is 3.62. The highest BCUT2D eigenvalue weighted by molar-refractivity contribution is 14.1. The Balaban J connectivity index is 2.38. The van der Waals surface area contributed by atoms with Crippen LogP contribution in [0.1, 0.15) is 27.0 Å². The smallest absolute Gasteiger partial charge is 0.289 e. The first kappa shape index (κ1) is 15.0. The maximum Gasteiger partial charge on any atom is 0.416 e. The van der Waals surface area contributed by atoms with Crippen LogP contribution in [0.15, 0.2) is 42.5 Å². The molecule has 5 heteroatoms. The number of alkyl halides is 3. The lowest BCUT2D eigenvalue weighted by molar-refractivity contribution is -0.137. The molecule has 0 bridgehead atoms. The highest BCUT2D eigenvalue weighted by Gasteiger charge is 2.31. The van der Waals surface area contributed by atoms with E-state index < -0.39 is 11.7 Å². The number of aryl methyl sites for hydroxylation is 1. The number of carbonyl (C=O) groups is 1. The monoisotopic (exact) mass is 390 g/mol. The molecule has 20 heavy (non-hydrogen) atoms. The maximum atomic E-state index is 12.6. The molecule has 104 valence electrons. The van der Waals surface area contributed by atoms with Gasteiger partial charge >= 0.3 is 6.18 Å². The molecule has 0 saturated carbocycles. The summed E-state index contributed by atoms with van der Waals surface area (Å²) in [6.45, 7) is 1.51. The van der Waals surface area contributed by atoms with Gasteiger partial charge in [0.05, 0.1) is 5.56 Å². The number of carbonyl (C=O) groups excluding carboxylic acids is 1. The van der Waals surface area contributed by atoms with Gasteiger partial charge in [0.1, 0.15) is 0 Å². The van der Waals surface area contributed by atoms with Gasteiger partial charge in [-0.25, -0.2) is 0 Å². The summed E-state index contributed by atoms with van der Waals surface area (Å²) in [4.78, 5) is 12.3. The van der Waals surface area contributed by atoms with Gasteiger partial charge < -0.3 is 0 Å².